The molecule has 0 radical (unpaired) electrons. The number of thioether (sulfide) groups is 1. The minimum absolute atomic E-state index is 0.170. The quantitative estimate of drug-likeness (QED) is 0.0745. The number of nitrogens with zero attached hydrogens (tertiary/aromatic N) is 5. The molecule has 1 aliphatic carbocycles. The van der Waals surface area contributed by atoms with E-state index in [1.54, 1.807) is 33.5 Å². The predicted octanol–water partition coefficient (Wildman–Crippen LogP) is 7.88. The molecule has 0 atom stereocenters. The Morgan fingerprint density at radius 1 is 1.34 bits per heavy atom. The van der Waals surface area contributed by atoms with Crippen LogP contribution in [0.4, 0.5) is 20.3 Å². The molecule has 0 amide bonds. The molecule has 1 aromatic carbocycles. The molecule has 234 valence electrons. The first-order valence-electron chi connectivity index (χ1n) is 14.3. The van der Waals surface area contributed by atoms with Gasteiger partial charge in [0.25, 0.3) is 0 Å². The van der Waals surface area contributed by atoms with Gasteiger partial charge in [0.2, 0.25) is 0 Å². The third-order valence-electron chi connectivity index (χ3n) is 6.80. The fourth-order valence-corrected chi connectivity index (χ4v) is 4.85. The van der Waals surface area contributed by atoms with Crippen molar-refractivity contribution in [2.75, 3.05) is 30.6 Å². The fraction of sp³-hybridized carbons (Fsp3) is 0.364. The number of H-pyrrole nitrogens is 1. The summed E-state index contributed by atoms with van der Waals surface area (Å²) in [6, 6.07) is 4.51. The van der Waals surface area contributed by atoms with Crippen molar-refractivity contribution >= 4 is 40.9 Å². The summed E-state index contributed by atoms with van der Waals surface area (Å²) in [5.74, 6) is 3.52. The van der Waals surface area contributed by atoms with Gasteiger partial charge in [0.1, 0.15) is 29.8 Å². The van der Waals surface area contributed by atoms with Crippen molar-refractivity contribution < 1.29 is 13.5 Å². The topological polar surface area (TPSA) is 83.4 Å². The monoisotopic (exact) mass is 621 g/mol. The van der Waals surface area contributed by atoms with Crippen LogP contribution in [-0.4, -0.2) is 46.0 Å². The zero-order chi connectivity index (χ0) is 32.4. The summed E-state index contributed by atoms with van der Waals surface area (Å²) < 4.78 is 37.3. The summed E-state index contributed by atoms with van der Waals surface area (Å²) in [5.41, 5.74) is 3.14. The molecule has 0 saturated heterocycles. The molecule has 0 bridgehead atoms. The molecule has 0 unspecified atom stereocenters. The first kappa shape index (κ1) is 34.4. The molecule has 44 heavy (non-hydrogen) atoms. The Labute approximate surface area is 263 Å². The number of anilines is 2. The Kier molecular flexibility index (Phi) is 12.6. The minimum atomic E-state index is -0.657. The van der Waals surface area contributed by atoms with Crippen LogP contribution in [0.2, 0.25) is 0 Å². The van der Waals surface area contributed by atoms with Gasteiger partial charge in [-0.1, -0.05) is 19.6 Å². The Morgan fingerprint density at radius 2 is 2.00 bits per heavy atom. The van der Waals surface area contributed by atoms with Crippen LogP contribution in [0.3, 0.4) is 0 Å². The van der Waals surface area contributed by atoms with Crippen molar-refractivity contribution in [2.45, 2.75) is 58.5 Å². The number of imidazole rings is 1. The number of terminal acetylenes is 1. The molecule has 0 spiro atoms. The first-order valence-corrected chi connectivity index (χ1v) is 15.5. The van der Waals surface area contributed by atoms with E-state index >= 15 is 0 Å². The van der Waals surface area contributed by atoms with Crippen molar-refractivity contribution in [1.29, 1.82) is 0 Å². The molecule has 1 fully saturated rings. The van der Waals surface area contributed by atoms with E-state index in [2.05, 4.69) is 33.0 Å². The van der Waals surface area contributed by atoms with Gasteiger partial charge < -0.3 is 19.5 Å². The van der Waals surface area contributed by atoms with Crippen LogP contribution < -0.4 is 10.2 Å². The highest BCUT2D eigenvalue weighted by Gasteiger charge is 2.33. The highest BCUT2D eigenvalue weighted by Crippen LogP contribution is 2.45. The number of benzene rings is 1. The molecule has 8 nitrogen and oxygen atoms in total. The summed E-state index contributed by atoms with van der Waals surface area (Å²) >= 11 is 1.28. The lowest BCUT2D eigenvalue weighted by Crippen LogP contribution is -2.26. The maximum atomic E-state index is 15.0. The van der Waals surface area contributed by atoms with Gasteiger partial charge in [0.15, 0.2) is 17.5 Å². The lowest BCUT2D eigenvalue weighted by atomic mass is 10.00. The standard InChI is InChI=1S/C29H35F2N7OS.C4H6/c1-8-11-38-24(15-32-26(38)16-39-6)18(3)27(20-9-10-20)29(34-25-12-17(2)35-36-25)33-19(4)37(5)28-22(30)13-21(40-7)14-23(28)31;1-3-4-2/h8,11-15,20H,3,9-10,16H2,1-2,4-7H3,(H2,34,35,36);1H,4H2,2H3/b11-8-,29-27-,33-19+;. The van der Waals surface area contributed by atoms with Gasteiger partial charge in [-0.05, 0) is 57.9 Å². The fourth-order valence-electron chi connectivity index (χ4n) is 4.40. The van der Waals surface area contributed by atoms with Gasteiger partial charge in [0, 0.05) is 54.6 Å². The third-order valence-corrected chi connectivity index (χ3v) is 7.50. The molecular weight excluding hydrogens is 580 g/mol. The van der Waals surface area contributed by atoms with Gasteiger partial charge in [-0.15, -0.1) is 24.1 Å². The Hall–Kier alpha value is -4.14. The van der Waals surface area contributed by atoms with Crippen molar-refractivity contribution in [3.63, 3.8) is 0 Å². The van der Waals surface area contributed by atoms with Crippen molar-refractivity contribution in [3.8, 4) is 12.3 Å². The number of methoxy groups -OCH3 is 1. The molecule has 4 rings (SSSR count). The van der Waals surface area contributed by atoms with E-state index < -0.39 is 11.6 Å². The summed E-state index contributed by atoms with van der Waals surface area (Å²) in [7, 11) is 3.22. The molecule has 1 saturated carbocycles. The van der Waals surface area contributed by atoms with Gasteiger partial charge in [-0.2, -0.15) is 5.10 Å². The number of aromatic nitrogens is 4. The SMILES string of the molecule is C#CCC.C=C(/C(=C(\N=C(/C)N(C)c1c(F)cc(SC)cc1F)Nc1cc(C)[nH]n1)C1CC1)c1cnc(COC)n1/C=C\C. The number of amidine groups is 1. The summed E-state index contributed by atoms with van der Waals surface area (Å²) in [6.45, 7) is 12.3. The second-order valence-corrected chi connectivity index (χ2v) is 11.0. The normalized spacial score (nSPS) is 13.7. The molecule has 0 aliphatic heterocycles. The number of rotatable bonds is 11. The molecule has 1 aliphatic rings. The summed E-state index contributed by atoms with van der Waals surface area (Å²) in [5, 5.41) is 10.6. The first-order chi connectivity index (χ1) is 21.1. The summed E-state index contributed by atoms with van der Waals surface area (Å²) in [4.78, 5) is 11.4. The number of hydrogen-bond acceptors (Lipinski definition) is 6. The highest BCUT2D eigenvalue weighted by molar-refractivity contribution is 7.98. The van der Waals surface area contributed by atoms with Crippen molar-refractivity contribution in [3.05, 3.63) is 77.3 Å². The Morgan fingerprint density at radius 3 is 2.50 bits per heavy atom. The molecule has 2 N–H and O–H groups in total. The van der Waals surface area contributed by atoms with Gasteiger partial charge >= 0.3 is 0 Å². The Bertz CT molecular complexity index is 1570. The lowest BCUT2D eigenvalue weighted by Gasteiger charge is -2.22. The highest BCUT2D eigenvalue weighted by atomic mass is 32.2. The van der Waals surface area contributed by atoms with Crippen LogP contribution in [0.1, 0.15) is 57.2 Å². The molecule has 3 aromatic rings. The maximum absolute atomic E-state index is 15.0. The van der Waals surface area contributed by atoms with Crippen LogP contribution in [0.15, 0.2) is 58.3 Å². The van der Waals surface area contributed by atoms with Crippen LogP contribution in [0, 0.1) is 36.8 Å². The van der Waals surface area contributed by atoms with E-state index in [0.29, 0.717) is 29.0 Å². The number of aromatic amines is 1. The largest absolute Gasteiger partial charge is 0.377 e. The molecule has 2 heterocycles. The average Bonchev–Trinajstić information content (AvgIpc) is 3.62. The Balaban J connectivity index is 0.00000124. The van der Waals surface area contributed by atoms with Crippen molar-refractivity contribution in [1.82, 2.24) is 19.7 Å². The van der Waals surface area contributed by atoms with Gasteiger partial charge in [-0.3, -0.25) is 5.10 Å². The lowest BCUT2D eigenvalue weighted by molar-refractivity contribution is 0.177. The number of ether oxygens (including phenoxy) is 1. The van der Waals surface area contributed by atoms with Crippen LogP contribution in [-0.2, 0) is 11.3 Å². The molecule has 2 aromatic heterocycles. The second kappa shape index (κ2) is 16.1. The summed E-state index contributed by atoms with van der Waals surface area (Å²) in [6.07, 6.45) is 14.9. The number of hydrogen-bond donors (Lipinski definition) is 2. The second-order valence-electron chi connectivity index (χ2n) is 10.1. The number of allylic oxidation sites excluding steroid dienone is 3. The van der Waals surface area contributed by atoms with Gasteiger partial charge in [0.05, 0.1) is 11.9 Å². The number of halogens is 2. The van der Waals surface area contributed by atoms with Crippen LogP contribution in [0.5, 0.6) is 0 Å². The maximum Gasteiger partial charge on any atom is 0.153 e. The van der Waals surface area contributed by atoms with Crippen molar-refractivity contribution in [2.24, 2.45) is 10.9 Å². The minimum Gasteiger partial charge on any atom is -0.377 e. The number of aryl methyl sites for hydroxylation is 1. The van der Waals surface area contributed by atoms with Gasteiger partial charge in [-0.25, -0.2) is 18.8 Å². The average molecular weight is 622 g/mol. The van der Waals surface area contributed by atoms with E-state index in [-0.39, 0.29) is 11.6 Å². The number of aliphatic imine (C=N–C) groups is 1. The zero-order valence-corrected chi connectivity index (χ0v) is 27.3. The van der Waals surface area contributed by atoms with E-state index in [9.17, 15) is 8.78 Å². The molecule has 11 heteroatoms. The van der Waals surface area contributed by atoms with Crippen LogP contribution >= 0.6 is 11.8 Å². The van der Waals surface area contributed by atoms with E-state index in [1.807, 2.05) is 43.7 Å². The van der Waals surface area contributed by atoms with E-state index in [0.717, 1.165) is 47.6 Å². The number of nitrogens with one attached hydrogen (secondary N) is 2. The molecular formula is C33H41F2N7OS. The smallest absolute Gasteiger partial charge is 0.153 e. The van der Waals surface area contributed by atoms with Crippen LogP contribution in [0.25, 0.3) is 11.8 Å². The third kappa shape index (κ3) is 8.49. The van der Waals surface area contributed by atoms with E-state index in [4.69, 9.17) is 16.2 Å². The van der Waals surface area contributed by atoms with E-state index in [1.165, 1.54) is 28.8 Å². The zero-order valence-electron chi connectivity index (χ0n) is 26.5. The predicted molar refractivity (Wildman–Crippen MR) is 178 cm³/mol.